The molecule has 0 bridgehead atoms. The van der Waals surface area contributed by atoms with Gasteiger partial charge in [0.25, 0.3) is 0 Å². The summed E-state index contributed by atoms with van der Waals surface area (Å²) in [5.41, 5.74) is 26.4. The van der Waals surface area contributed by atoms with Crippen LogP contribution in [0.1, 0.15) is 151 Å². The normalized spacial score (nSPS) is 12.1. The number of fused-ring (bicyclic) bond motifs is 1. The lowest BCUT2D eigenvalue weighted by molar-refractivity contribution is 0.591. The van der Waals surface area contributed by atoms with Crippen molar-refractivity contribution in [2.24, 2.45) is 0 Å². The van der Waals surface area contributed by atoms with E-state index in [0.29, 0.717) is 0 Å². The second-order valence-electron chi connectivity index (χ2n) is 19.3. The van der Waals surface area contributed by atoms with E-state index in [1.54, 1.807) is 0 Å². The van der Waals surface area contributed by atoms with Gasteiger partial charge in [-0.25, -0.2) is 0 Å². The Kier molecular flexibility index (Phi) is 13.2. The maximum Gasteiger partial charge on any atom is 0.0980 e. The van der Waals surface area contributed by atoms with Crippen molar-refractivity contribution < 1.29 is 0 Å². The average Bonchev–Trinajstić information content (AvgIpc) is 4.18. The molecule has 0 spiro atoms. The van der Waals surface area contributed by atoms with Crippen molar-refractivity contribution in [3.63, 3.8) is 0 Å². The molecule has 0 fully saturated rings. The van der Waals surface area contributed by atoms with Crippen LogP contribution in [0, 0.1) is 0 Å². The maximum atomic E-state index is 2.52. The topological polar surface area (TPSA) is 24.6 Å². The highest BCUT2D eigenvalue weighted by atomic mass is 15.1. The number of nitrogens with zero attached hydrogens (tertiary/aromatic N) is 5. The van der Waals surface area contributed by atoms with Crippen molar-refractivity contribution >= 4 is 0 Å². The Bertz CT molecular complexity index is 2650. The van der Waals surface area contributed by atoms with Gasteiger partial charge in [0, 0.05) is 67.5 Å². The Morgan fingerprint density at radius 2 is 0.508 bits per heavy atom. The van der Waals surface area contributed by atoms with Crippen LogP contribution < -0.4 is 0 Å². The number of aryl methyl sites for hydroxylation is 10. The second kappa shape index (κ2) is 18.7. The summed E-state index contributed by atoms with van der Waals surface area (Å²) in [7, 11) is 0. The fourth-order valence-electron chi connectivity index (χ4n) is 10.6. The molecule has 5 aromatic heterocycles. The Morgan fingerprint density at radius 1 is 0.292 bits per heavy atom. The predicted octanol–water partition coefficient (Wildman–Crippen LogP) is 15.3. The van der Waals surface area contributed by atoms with Crippen LogP contribution in [0.2, 0.25) is 0 Å². The van der Waals surface area contributed by atoms with Gasteiger partial charge in [-0.2, -0.15) is 0 Å². The molecule has 5 heteroatoms. The van der Waals surface area contributed by atoms with Crippen LogP contribution in [0.3, 0.4) is 0 Å². The van der Waals surface area contributed by atoms with Crippen LogP contribution in [0.5, 0.6) is 0 Å². The first kappa shape index (κ1) is 45.9. The molecule has 340 valence electrons. The fourth-order valence-corrected chi connectivity index (χ4v) is 10.6. The lowest BCUT2D eigenvalue weighted by Gasteiger charge is -2.29. The van der Waals surface area contributed by atoms with Crippen molar-refractivity contribution in [3.05, 3.63) is 160 Å². The number of hydrogen-bond acceptors (Lipinski definition) is 0. The highest BCUT2D eigenvalue weighted by molar-refractivity contribution is 5.98. The molecule has 6 aromatic rings. The van der Waals surface area contributed by atoms with Gasteiger partial charge in [0.2, 0.25) is 0 Å². The van der Waals surface area contributed by atoms with Gasteiger partial charge < -0.3 is 22.8 Å². The fraction of sp³-hybridized carbons (Fsp3) is 0.400. The molecular weight excluding hydrogens is 791 g/mol. The Balaban J connectivity index is 1.71. The van der Waals surface area contributed by atoms with Crippen molar-refractivity contribution in [1.82, 2.24) is 22.8 Å². The molecular formula is C60H75N5. The molecule has 0 N–H and O–H groups in total. The monoisotopic (exact) mass is 866 g/mol. The van der Waals surface area contributed by atoms with Crippen LogP contribution in [0.4, 0.5) is 0 Å². The van der Waals surface area contributed by atoms with E-state index in [-0.39, 0.29) is 5.41 Å². The number of hydrogen-bond donors (Lipinski definition) is 0. The van der Waals surface area contributed by atoms with Gasteiger partial charge in [0.05, 0.1) is 28.4 Å². The molecule has 5 heterocycles. The van der Waals surface area contributed by atoms with Crippen molar-refractivity contribution in [1.29, 1.82) is 0 Å². The molecule has 0 unspecified atom stereocenters. The van der Waals surface area contributed by atoms with Gasteiger partial charge in [-0.3, -0.25) is 0 Å². The maximum absolute atomic E-state index is 2.52. The molecule has 1 aromatic carbocycles. The summed E-state index contributed by atoms with van der Waals surface area (Å²) < 4.78 is 12.6. The minimum atomic E-state index is 0.0503. The third kappa shape index (κ3) is 8.19. The van der Waals surface area contributed by atoms with Gasteiger partial charge >= 0.3 is 0 Å². The lowest BCUT2D eigenvalue weighted by Crippen LogP contribution is -2.16. The molecule has 0 radical (unpaired) electrons. The first-order valence-electron chi connectivity index (χ1n) is 25.2. The average molecular weight is 866 g/mol. The highest BCUT2D eigenvalue weighted by Crippen LogP contribution is 2.49. The zero-order chi connectivity index (χ0) is 46.3. The Labute approximate surface area is 391 Å². The summed E-state index contributed by atoms with van der Waals surface area (Å²) in [4.78, 5) is 0. The standard InChI is InChI=1S/C60H75N5/c1-14-40-30-61(31-41(40)15-2)55-54(52-28-50-24-26-53(60(11,12)13)27-25-51(50)29-52)56(62-32-42(16-3)43(17-4)33-62)58(64-36-46(20-7)47(21-8)37-64)59(65-38-48(22-9)49(23-10)39-65)57(55)63-34-44(18-5)45(19-6)35-63/h24-39H,14-23H2,1-13H3. The van der Waals surface area contributed by atoms with E-state index in [9.17, 15) is 0 Å². The Hall–Kier alpha value is -5.68. The van der Waals surface area contributed by atoms with Crippen molar-refractivity contribution in [3.8, 4) is 50.7 Å². The minimum Gasteiger partial charge on any atom is -0.321 e. The van der Waals surface area contributed by atoms with Gasteiger partial charge in [-0.05, 0) is 160 Å². The zero-order valence-electron chi connectivity index (χ0n) is 42.0. The summed E-state index contributed by atoms with van der Waals surface area (Å²) in [6, 6.07) is 14.3. The zero-order valence-corrected chi connectivity index (χ0v) is 42.0. The van der Waals surface area contributed by atoms with Crippen LogP contribution in [-0.2, 0) is 69.6 Å². The van der Waals surface area contributed by atoms with Gasteiger partial charge in [0.15, 0.2) is 0 Å². The molecule has 0 saturated heterocycles. The highest BCUT2D eigenvalue weighted by Gasteiger charge is 2.33. The van der Waals surface area contributed by atoms with E-state index >= 15 is 0 Å². The van der Waals surface area contributed by atoms with E-state index in [1.807, 2.05) is 0 Å². The molecule has 0 atom stereocenters. The molecule has 8 rings (SSSR count). The van der Waals surface area contributed by atoms with Crippen molar-refractivity contribution in [2.45, 2.75) is 160 Å². The first-order chi connectivity index (χ1) is 31.4. The molecule has 0 saturated carbocycles. The quantitative estimate of drug-likeness (QED) is 0.0924. The molecule has 5 nitrogen and oxygen atoms in total. The summed E-state index contributed by atoms with van der Waals surface area (Å²) in [5.74, 6) is 0. The summed E-state index contributed by atoms with van der Waals surface area (Å²) in [5, 5.41) is 0. The van der Waals surface area contributed by atoms with E-state index in [0.717, 1.165) is 64.2 Å². The van der Waals surface area contributed by atoms with E-state index in [2.05, 4.69) is 211 Å². The third-order valence-corrected chi connectivity index (χ3v) is 14.5. The van der Waals surface area contributed by atoms with Crippen molar-refractivity contribution in [2.75, 3.05) is 0 Å². The van der Waals surface area contributed by atoms with E-state index in [4.69, 9.17) is 0 Å². The lowest BCUT2D eigenvalue weighted by atomic mass is 9.88. The van der Waals surface area contributed by atoms with E-state index in [1.165, 1.54) is 112 Å². The van der Waals surface area contributed by atoms with Crippen LogP contribution >= 0.6 is 0 Å². The summed E-state index contributed by atoms with van der Waals surface area (Å²) >= 11 is 0. The molecule has 65 heavy (non-hydrogen) atoms. The summed E-state index contributed by atoms with van der Waals surface area (Å²) in [6.07, 6.45) is 34.3. The largest absolute Gasteiger partial charge is 0.321 e. The van der Waals surface area contributed by atoms with Crippen LogP contribution in [0.25, 0.3) is 50.7 Å². The van der Waals surface area contributed by atoms with Gasteiger partial charge in [0.1, 0.15) is 0 Å². The van der Waals surface area contributed by atoms with Gasteiger partial charge in [-0.1, -0.05) is 114 Å². The minimum absolute atomic E-state index is 0.0503. The summed E-state index contributed by atoms with van der Waals surface area (Å²) in [6.45, 7) is 30.0. The third-order valence-electron chi connectivity index (χ3n) is 14.5. The van der Waals surface area contributed by atoms with Gasteiger partial charge in [-0.15, -0.1) is 0 Å². The second-order valence-corrected chi connectivity index (χ2v) is 19.3. The molecule has 0 aliphatic heterocycles. The van der Waals surface area contributed by atoms with Crippen LogP contribution in [-0.4, -0.2) is 22.8 Å². The molecule has 2 aliphatic carbocycles. The SMILES string of the molecule is CCc1cn(-c2c(-c3cc4ccc(C(C)(C)C)ccc-4c3)c(-n3cc(CC)c(CC)c3)c(-n3cc(CC)c(CC)c3)c(-n3cc(CC)c(CC)c3)c2-n2cc(CC)c(CC)c2)cc1CC. The molecule has 2 aliphatic rings. The number of rotatable bonds is 16. The predicted molar refractivity (Wildman–Crippen MR) is 278 cm³/mol. The number of benzene rings is 1. The smallest absolute Gasteiger partial charge is 0.0980 e. The first-order valence-corrected chi connectivity index (χ1v) is 25.2. The Morgan fingerprint density at radius 3 is 0.723 bits per heavy atom. The van der Waals surface area contributed by atoms with E-state index < -0.39 is 0 Å². The van der Waals surface area contributed by atoms with Crippen LogP contribution in [0.15, 0.2) is 98.4 Å². The number of aromatic nitrogens is 5. The molecule has 0 amide bonds.